The fourth-order valence-electron chi connectivity index (χ4n) is 4.19. The molecule has 9 heteroatoms. The number of fused-ring (bicyclic) bond motifs is 1. The Hall–Kier alpha value is -3.56. The number of nitrogens with one attached hydrogen (secondary N) is 4. The molecule has 1 aliphatic heterocycles. The molecule has 36 heavy (non-hydrogen) atoms. The van der Waals surface area contributed by atoms with Crippen molar-refractivity contribution in [2.75, 3.05) is 30.3 Å². The highest BCUT2D eigenvalue weighted by molar-refractivity contribution is 5.99. The Morgan fingerprint density at radius 1 is 1.06 bits per heavy atom. The van der Waals surface area contributed by atoms with Gasteiger partial charge in [0.15, 0.2) is 0 Å². The van der Waals surface area contributed by atoms with Crippen molar-refractivity contribution in [2.45, 2.75) is 53.2 Å². The van der Waals surface area contributed by atoms with E-state index in [-0.39, 0.29) is 11.9 Å². The Balaban J connectivity index is 1.61. The number of anilines is 4. The van der Waals surface area contributed by atoms with Crippen LogP contribution in [0.15, 0.2) is 42.7 Å². The van der Waals surface area contributed by atoms with Crippen LogP contribution in [0.3, 0.4) is 0 Å². The van der Waals surface area contributed by atoms with Crippen molar-refractivity contribution in [2.24, 2.45) is 0 Å². The molecule has 0 spiro atoms. The third kappa shape index (κ3) is 6.56. The van der Waals surface area contributed by atoms with E-state index >= 15 is 0 Å². The Morgan fingerprint density at radius 2 is 1.86 bits per heavy atom. The maximum Gasteiger partial charge on any atom is 0.256 e. The van der Waals surface area contributed by atoms with E-state index in [1.807, 2.05) is 32.0 Å². The van der Waals surface area contributed by atoms with Gasteiger partial charge in [0.1, 0.15) is 11.4 Å². The van der Waals surface area contributed by atoms with E-state index in [0.29, 0.717) is 17.3 Å². The first-order valence-corrected chi connectivity index (χ1v) is 12.7. The van der Waals surface area contributed by atoms with Crippen molar-refractivity contribution in [3.63, 3.8) is 0 Å². The average Bonchev–Trinajstić information content (AvgIpc) is 2.87. The number of carbonyl (C=O) groups excluding carboxylic acids is 1. The van der Waals surface area contributed by atoms with Gasteiger partial charge >= 0.3 is 0 Å². The Kier molecular flexibility index (Phi) is 8.45. The van der Waals surface area contributed by atoms with Crippen LogP contribution in [0.1, 0.15) is 54.9 Å². The molecule has 4 rings (SSSR count). The van der Waals surface area contributed by atoms with E-state index in [1.54, 1.807) is 12.4 Å². The summed E-state index contributed by atoms with van der Waals surface area (Å²) in [5.74, 6) is 0.626. The molecule has 0 atom stereocenters. The molecule has 190 valence electrons. The van der Waals surface area contributed by atoms with Gasteiger partial charge in [0.05, 0.1) is 5.69 Å². The molecule has 4 N–H and O–H groups in total. The Morgan fingerprint density at radius 3 is 2.64 bits per heavy atom. The van der Waals surface area contributed by atoms with Crippen LogP contribution in [0.2, 0.25) is 0 Å². The molecule has 2 aromatic heterocycles. The second-order valence-corrected chi connectivity index (χ2v) is 9.24. The predicted molar refractivity (Wildman–Crippen MR) is 144 cm³/mol. The van der Waals surface area contributed by atoms with Crippen molar-refractivity contribution >= 4 is 29.0 Å². The van der Waals surface area contributed by atoms with Gasteiger partial charge in [0.25, 0.3) is 5.91 Å². The zero-order valence-electron chi connectivity index (χ0n) is 21.6. The van der Waals surface area contributed by atoms with Gasteiger partial charge in [0, 0.05) is 42.9 Å². The second kappa shape index (κ2) is 11.9. The Bertz CT molecular complexity index is 1190. The van der Waals surface area contributed by atoms with Gasteiger partial charge in [-0.15, -0.1) is 0 Å². The third-order valence-corrected chi connectivity index (χ3v) is 6.16. The van der Waals surface area contributed by atoms with Crippen LogP contribution in [0.5, 0.6) is 0 Å². The van der Waals surface area contributed by atoms with E-state index in [9.17, 15) is 4.79 Å². The predicted octanol–water partition coefficient (Wildman–Crippen LogP) is 3.98. The van der Waals surface area contributed by atoms with E-state index in [4.69, 9.17) is 0 Å². The van der Waals surface area contributed by atoms with Gasteiger partial charge in [-0.05, 0) is 75.3 Å². The number of amides is 1. The number of pyridine rings is 1. The van der Waals surface area contributed by atoms with Crippen LogP contribution < -0.4 is 21.3 Å². The monoisotopic (exact) mass is 488 g/mol. The summed E-state index contributed by atoms with van der Waals surface area (Å²) < 4.78 is 0. The van der Waals surface area contributed by atoms with Gasteiger partial charge in [0.2, 0.25) is 5.95 Å². The lowest BCUT2D eigenvalue weighted by atomic mass is 10.0. The summed E-state index contributed by atoms with van der Waals surface area (Å²) in [7, 11) is 0. The van der Waals surface area contributed by atoms with Gasteiger partial charge in [-0.25, -0.2) is 4.98 Å². The minimum Gasteiger partial charge on any atom is -0.350 e. The van der Waals surface area contributed by atoms with Crippen LogP contribution in [0, 0.1) is 0 Å². The largest absolute Gasteiger partial charge is 0.350 e. The van der Waals surface area contributed by atoms with Gasteiger partial charge in [-0.2, -0.15) is 4.98 Å². The van der Waals surface area contributed by atoms with Gasteiger partial charge in [-0.3, -0.25) is 14.7 Å². The zero-order chi connectivity index (χ0) is 25.5. The first-order valence-electron chi connectivity index (χ1n) is 12.7. The summed E-state index contributed by atoms with van der Waals surface area (Å²) in [5.41, 5.74) is 5.69. The molecule has 9 nitrogen and oxygen atoms in total. The fraction of sp³-hybridized carbons (Fsp3) is 0.407. The number of rotatable bonds is 10. The van der Waals surface area contributed by atoms with Crippen LogP contribution >= 0.6 is 0 Å². The number of carbonyl (C=O) groups is 1. The number of benzene rings is 1. The first-order chi connectivity index (χ1) is 17.4. The van der Waals surface area contributed by atoms with Gasteiger partial charge < -0.3 is 21.3 Å². The topological polar surface area (TPSA) is 107 Å². The molecular weight excluding hydrogens is 452 g/mol. The van der Waals surface area contributed by atoms with E-state index in [1.165, 1.54) is 11.1 Å². The van der Waals surface area contributed by atoms with Crippen LogP contribution in [0.25, 0.3) is 0 Å². The SMILES string of the molecule is CCN(CC)Cc1cc(Nc2nc(Nc3ccc4c(c3)CNCC4)ncc2C(=O)NC(C)C)ccn1. The van der Waals surface area contributed by atoms with Crippen molar-refractivity contribution in [1.82, 2.24) is 30.5 Å². The average molecular weight is 489 g/mol. The molecule has 3 heterocycles. The highest BCUT2D eigenvalue weighted by Crippen LogP contribution is 2.24. The minimum atomic E-state index is -0.226. The summed E-state index contributed by atoms with van der Waals surface area (Å²) in [4.78, 5) is 28.8. The molecular formula is C27H36N8O. The molecule has 3 aromatic rings. The number of nitrogens with zero attached hydrogens (tertiary/aromatic N) is 4. The molecule has 1 amide bonds. The maximum atomic E-state index is 12.9. The highest BCUT2D eigenvalue weighted by Gasteiger charge is 2.17. The fourth-order valence-corrected chi connectivity index (χ4v) is 4.19. The molecule has 0 aliphatic carbocycles. The van der Waals surface area contributed by atoms with E-state index < -0.39 is 0 Å². The summed E-state index contributed by atoms with van der Waals surface area (Å²) in [6.07, 6.45) is 4.37. The second-order valence-electron chi connectivity index (χ2n) is 9.24. The lowest BCUT2D eigenvalue weighted by Crippen LogP contribution is -2.31. The molecule has 1 aliphatic rings. The van der Waals surface area contributed by atoms with Crippen molar-refractivity contribution in [1.29, 1.82) is 0 Å². The molecule has 0 unspecified atom stereocenters. The molecule has 1 aromatic carbocycles. The molecule has 0 bridgehead atoms. The number of hydrogen-bond acceptors (Lipinski definition) is 8. The maximum absolute atomic E-state index is 12.9. The van der Waals surface area contributed by atoms with Crippen LogP contribution in [0.4, 0.5) is 23.1 Å². The standard InChI is InChI=1S/C27H36N8O/c1-5-35(6-2)17-23-14-22(10-12-29-23)32-25-24(26(36)31-18(3)4)16-30-27(34-25)33-21-8-7-19-9-11-28-15-20(19)13-21/h7-8,10,12-14,16,18,28H,5-6,9,11,15,17H2,1-4H3,(H,31,36)(H2,29,30,32,33,34). The quantitative estimate of drug-likeness (QED) is 0.339. The van der Waals surface area contributed by atoms with E-state index in [0.717, 1.165) is 56.2 Å². The smallest absolute Gasteiger partial charge is 0.256 e. The molecule has 0 radical (unpaired) electrons. The third-order valence-electron chi connectivity index (χ3n) is 6.16. The first kappa shape index (κ1) is 25.5. The minimum absolute atomic E-state index is 0.00569. The zero-order valence-corrected chi connectivity index (χ0v) is 21.6. The summed E-state index contributed by atoms with van der Waals surface area (Å²) in [5, 5.41) is 13.0. The highest BCUT2D eigenvalue weighted by atomic mass is 16.1. The molecule has 0 fully saturated rings. The molecule has 0 saturated heterocycles. The Labute approximate surface area is 213 Å². The lowest BCUT2D eigenvalue weighted by molar-refractivity contribution is 0.0943. The van der Waals surface area contributed by atoms with Gasteiger partial charge in [-0.1, -0.05) is 19.9 Å². The molecule has 0 saturated carbocycles. The normalized spacial score (nSPS) is 12.9. The number of aromatic nitrogens is 3. The number of hydrogen-bond donors (Lipinski definition) is 4. The van der Waals surface area contributed by atoms with Crippen LogP contribution in [-0.4, -0.2) is 51.4 Å². The summed E-state index contributed by atoms with van der Waals surface area (Å²) in [6.45, 7) is 12.6. The lowest BCUT2D eigenvalue weighted by Gasteiger charge is -2.19. The van der Waals surface area contributed by atoms with Crippen molar-refractivity contribution in [3.8, 4) is 0 Å². The van der Waals surface area contributed by atoms with Crippen LogP contribution in [-0.2, 0) is 19.5 Å². The summed E-state index contributed by atoms with van der Waals surface area (Å²) >= 11 is 0. The van der Waals surface area contributed by atoms with Crippen molar-refractivity contribution in [3.05, 3.63) is 65.1 Å². The summed E-state index contributed by atoms with van der Waals surface area (Å²) in [6, 6.07) is 10.2. The van der Waals surface area contributed by atoms with Crippen molar-refractivity contribution < 1.29 is 4.79 Å². The van der Waals surface area contributed by atoms with E-state index in [2.05, 4.69) is 67.1 Å².